The van der Waals surface area contributed by atoms with E-state index < -0.39 is 0 Å². The van der Waals surface area contributed by atoms with E-state index in [4.69, 9.17) is 11.6 Å². The minimum Gasteiger partial charge on any atom is -0.293 e. The maximum Gasteiger partial charge on any atom is 0.229 e. The zero-order chi connectivity index (χ0) is 11.0. The maximum absolute atomic E-state index is 11.6. The molecule has 15 heavy (non-hydrogen) atoms. The van der Waals surface area contributed by atoms with Gasteiger partial charge in [0.05, 0.1) is 6.20 Å². The van der Waals surface area contributed by atoms with Gasteiger partial charge in [-0.25, -0.2) is 9.97 Å². The Morgan fingerprint density at radius 3 is 3.00 bits per heavy atom. The summed E-state index contributed by atoms with van der Waals surface area (Å²) in [5.74, 6) is 0.455. The molecule has 1 atom stereocenters. The van der Waals surface area contributed by atoms with Crippen LogP contribution in [-0.4, -0.2) is 27.7 Å². The molecule has 2 heterocycles. The highest BCUT2D eigenvalue weighted by Gasteiger charge is 2.30. The van der Waals surface area contributed by atoms with Crippen LogP contribution in [0.1, 0.15) is 6.42 Å². The van der Waals surface area contributed by atoms with Gasteiger partial charge in [-0.3, -0.25) is 9.69 Å². The van der Waals surface area contributed by atoms with Gasteiger partial charge in [0.15, 0.2) is 5.82 Å². The Labute approximate surface area is 106 Å². The van der Waals surface area contributed by atoms with E-state index in [9.17, 15) is 4.79 Å². The lowest BCUT2D eigenvalue weighted by Gasteiger charge is -2.15. The molecule has 2 rings (SSSR count). The number of hydrogen-bond donors (Lipinski definition) is 1. The van der Waals surface area contributed by atoms with Crippen molar-refractivity contribution >= 4 is 51.9 Å². The van der Waals surface area contributed by atoms with Crippen LogP contribution in [0, 0.1) is 0 Å². The molecular weight excluding hydrogens is 302 g/mol. The van der Waals surface area contributed by atoms with Gasteiger partial charge in [-0.1, -0.05) is 11.6 Å². The Morgan fingerprint density at radius 2 is 2.40 bits per heavy atom. The topological polar surface area (TPSA) is 46.1 Å². The zero-order valence-corrected chi connectivity index (χ0v) is 10.8. The summed E-state index contributed by atoms with van der Waals surface area (Å²) in [7, 11) is 0. The van der Waals surface area contributed by atoms with Crippen LogP contribution in [0.25, 0.3) is 0 Å². The van der Waals surface area contributed by atoms with E-state index in [1.807, 2.05) is 0 Å². The summed E-state index contributed by atoms with van der Waals surface area (Å²) in [6.45, 7) is 0.537. The second kappa shape index (κ2) is 4.27. The highest BCUT2D eigenvalue weighted by molar-refractivity contribution is 9.10. The number of halogens is 2. The summed E-state index contributed by atoms with van der Waals surface area (Å²) < 4.78 is 0.516. The Hall–Kier alpha value is -0.330. The van der Waals surface area contributed by atoms with Crippen molar-refractivity contribution in [1.82, 2.24) is 9.97 Å². The fraction of sp³-hybridized carbons (Fsp3) is 0.375. The monoisotopic (exact) mass is 307 g/mol. The normalized spacial score (nSPS) is 21.1. The van der Waals surface area contributed by atoms with E-state index in [0.29, 0.717) is 23.4 Å². The van der Waals surface area contributed by atoms with E-state index >= 15 is 0 Å². The predicted molar refractivity (Wildman–Crippen MR) is 64.5 cm³/mol. The van der Waals surface area contributed by atoms with Crippen LogP contribution in [-0.2, 0) is 4.79 Å². The number of carbonyl (C=O) groups is 1. The summed E-state index contributed by atoms with van der Waals surface area (Å²) in [5, 5.41) is 0.314. The Balaban J connectivity index is 2.37. The van der Waals surface area contributed by atoms with Gasteiger partial charge in [-0.2, -0.15) is 12.6 Å². The molecule has 1 aromatic rings. The van der Waals surface area contributed by atoms with Crippen molar-refractivity contribution in [3.63, 3.8) is 0 Å². The first kappa shape index (κ1) is 11.2. The van der Waals surface area contributed by atoms with Crippen molar-refractivity contribution in [2.75, 3.05) is 11.4 Å². The number of rotatable bonds is 1. The fourth-order valence-corrected chi connectivity index (χ4v) is 2.26. The van der Waals surface area contributed by atoms with Crippen LogP contribution in [0.5, 0.6) is 0 Å². The van der Waals surface area contributed by atoms with Crippen LogP contribution >= 0.6 is 40.2 Å². The molecular formula is C8H7BrClN3OS. The van der Waals surface area contributed by atoms with Crippen LogP contribution in [0.2, 0.25) is 5.15 Å². The molecule has 80 valence electrons. The number of thiol groups is 1. The van der Waals surface area contributed by atoms with Crippen molar-refractivity contribution in [1.29, 1.82) is 0 Å². The molecule has 1 unspecified atom stereocenters. The highest BCUT2D eigenvalue weighted by Crippen LogP contribution is 2.28. The minimum absolute atomic E-state index is 0.00716. The van der Waals surface area contributed by atoms with Crippen LogP contribution in [0.15, 0.2) is 10.8 Å². The van der Waals surface area contributed by atoms with Gasteiger partial charge in [-0.15, -0.1) is 0 Å². The van der Waals surface area contributed by atoms with Crippen LogP contribution in [0.4, 0.5) is 5.82 Å². The second-order valence-corrected chi connectivity index (χ2v) is 5.04. The van der Waals surface area contributed by atoms with E-state index in [1.54, 1.807) is 4.90 Å². The number of carbonyl (C=O) groups excluding carboxylic acids is 1. The van der Waals surface area contributed by atoms with Crippen molar-refractivity contribution in [2.24, 2.45) is 0 Å². The van der Waals surface area contributed by atoms with Crippen molar-refractivity contribution in [3.05, 3.63) is 16.0 Å². The number of amides is 1. The smallest absolute Gasteiger partial charge is 0.229 e. The molecule has 1 aliphatic rings. The molecule has 4 nitrogen and oxygen atoms in total. The second-order valence-electron chi connectivity index (χ2n) is 3.17. The molecule has 0 aromatic carbocycles. The molecule has 1 fully saturated rings. The number of hydrogen-bond acceptors (Lipinski definition) is 4. The molecule has 0 spiro atoms. The lowest BCUT2D eigenvalue weighted by Crippen LogP contribution is -2.26. The molecule has 1 amide bonds. The Bertz CT molecular complexity index is 417. The van der Waals surface area contributed by atoms with Gasteiger partial charge in [0.2, 0.25) is 5.91 Å². The molecule has 0 radical (unpaired) electrons. The van der Waals surface area contributed by atoms with Gasteiger partial charge in [0.1, 0.15) is 9.76 Å². The van der Waals surface area contributed by atoms with Gasteiger partial charge in [0.25, 0.3) is 0 Å². The Kier molecular flexibility index (Phi) is 3.18. The summed E-state index contributed by atoms with van der Waals surface area (Å²) in [5.41, 5.74) is 0. The first-order chi connectivity index (χ1) is 7.08. The number of anilines is 1. The molecule has 1 aromatic heterocycles. The lowest BCUT2D eigenvalue weighted by atomic mass is 10.4. The summed E-state index contributed by atoms with van der Waals surface area (Å²) >= 11 is 13.2. The van der Waals surface area contributed by atoms with E-state index in [0.717, 1.165) is 0 Å². The third-order valence-corrected chi connectivity index (χ3v) is 3.13. The van der Waals surface area contributed by atoms with Gasteiger partial charge >= 0.3 is 0 Å². The van der Waals surface area contributed by atoms with E-state index in [-0.39, 0.29) is 16.3 Å². The third kappa shape index (κ3) is 2.26. The predicted octanol–water partition coefficient (Wildman–Crippen LogP) is 1.93. The fourth-order valence-electron chi connectivity index (χ4n) is 1.41. The quantitative estimate of drug-likeness (QED) is 0.806. The maximum atomic E-state index is 11.6. The largest absolute Gasteiger partial charge is 0.293 e. The Morgan fingerprint density at radius 1 is 1.67 bits per heavy atom. The molecule has 0 N–H and O–H groups in total. The number of aromatic nitrogens is 2. The zero-order valence-electron chi connectivity index (χ0n) is 7.52. The minimum atomic E-state index is -0.00716. The van der Waals surface area contributed by atoms with Gasteiger partial charge in [0, 0.05) is 18.2 Å². The van der Waals surface area contributed by atoms with Crippen molar-refractivity contribution < 1.29 is 4.79 Å². The molecule has 7 heteroatoms. The SMILES string of the molecule is O=C1CC(S)CN1c1nc(Cl)cnc1Br. The molecule has 0 aliphatic carbocycles. The molecule has 1 saturated heterocycles. The molecule has 1 aliphatic heterocycles. The van der Waals surface area contributed by atoms with Crippen molar-refractivity contribution in [2.45, 2.75) is 11.7 Å². The summed E-state index contributed by atoms with van der Waals surface area (Å²) in [6, 6.07) is 0. The van der Waals surface area contributed by atoms with Crippen LogP contribution < -0.4 is 4.90 Å². The standard InChI is InChI=1S/C8H7BrClN3OS/c9-7-8(12-5(10)2-11-7)13-3-4(15)1-6(13)14/h2,4,15H,1,3H2. The molecule has 0 saturated carbocycles. The van der Waals surface area contributed by atoms with Crippen molar-refractivity contribution in [3.8, 4) is 0 Å². The number of nitrogens with zero attached hydrogens (tertiary/aromatic N) is 3. The highest BCUT2D eigenvalue weighted by atomic mass is 79.9. The van der Waals surface area contributed by atoms with Crippen LogP contribution in [0.3, 0.4) is 0 Å². The van der Waals surface area contributed by atoms with E-state index in [1.165, 1.54) is 6.20 Å². The average molecular weight is 309 g/mol. The van der Waals surface area contributed by atoms with Gasteiger partial charge < -0.3 is 0 Å². The third-order valence-electron chi connectivity index (χ3n) is 2.04. The first-order valence-electron chi connectivity index (χ1n) is 4.24. The van der Waals surface area contributed by atoms with Gasteiger partial charge in [-0.05, 0) is 15.9 Å². The summed E-state index contributed by atoms with van der Waals surface area (Å²) in [4.78, 5) is 21.2. The average Bonchev–Trinajstić information content (AvgIpc) is 2.50. The molecule has 0 bridgehead atoms. The lowest BCUT2D eigenvalue weighted by molar-refractivity contribution is -0.117. The van der Waals surface area contributed by atoms with E-state index in [2.05, 4.69) is 38.5 Å². The summed E-state index contributed by atoms with van der Waals surface area (Å²) in [6.07, 6.45) is 1.84. The first-order valence-corrected chi connectivity index (χ1v) is 5.93.